The zero-order valence-electron chi connectivity index (χ0n) is 20.6. The van der Waals surface area contributed by atoms with Gasteiger partial charge in [0.2, 0.25) is 11.6 Å². The lowest BCUT2D eigenvalue weighted by atomic mass is 9.81. The molecule has 0 aliphatic carbocycles. The van der Waals surface area contributed by atoms with Gasteiger partial charge in [0.15, 0.2) is 5.78 Å². The first kappa shape index (κ1) is 26.7. The molecule has 0 spiro atoms. The number of nitrogens with zero attached hydrogens (tertiary/aromatic N) is 1. The van der Waals surface area contributed by atoms with Gasteiger partial charge < -0.3 is 21.1 Å². The predicted octanol–water partition coefficient (Wildman–Crippen LogP) is 2.08. The van der Waals surface area contributed by atoms with E-state index in [-0.39, 0.29) is 18.2 Å². The smallest absolute Gasteiger partial charge is 0.271 e. The van der Waals surface area contributed by atoms with E-state index in [0.29, 0.717) is 22.6 Å². The van der Waals surface area contributed by atoms with Crippen molar-refractivity contribution in [3.8, 4) is 0 Å². The lowest BCUT2D eigenvalue weighted by molar-refractivity contribution is -0.158. The quantitative estimate of drug-likeness (QED) is 0.260. The van der Waals surface area contributed by atoms with Crippen LogP contribution in [0.4, 0.5) is 5.69 Å². The number of Topliss-reactive ketones (excluding diaryl/α,β-unsaturated/α-hetero) is 1. The van der Waals surface area contributed by atoms with Crippen LogP contribution in [0.2, 0.25) is 0 Å². The van der Waals surface area contributed by atoms with Crippen molar-refractivity contribution in [1.29, 1.82) is 0 Å². The Hall–Kier alpha value is -2.88. The highest BCUT2D eigenvalue weighted by Crippen LogP contribution is 2.31. The number of thioether (sulfide) groups is 1. The molecule has 1 fully saturated rings. The summed E-state index contributed by atoms with van der Waals surface area (Å²) in [5.74, 6) is -2.41. The molecule has 0 bridgehead atoms. The minimum Gasteiger partial charge on any atom is -0.398 e. The van der Waals surface area contributed by atoms with Crippen LogP contribution in [0.5, 0.6) is 0 Å². The Morgan fingerprint density at radius 3 is 2.43 bits per heavy atom. The monoisotopic (exact) mass is 498 g/mol. The van der Waals surface area contributed by atoms with Gasteiger partial charge in [-0.05, 0) is 51.3 Å². The van der Waals surface area contributed by atoms with Crippen molar-refractivity contribution in [2.45, 2.75) is 51.4 Å². The molecule has 1 aliphatic heterocycles. The molecule has 0 unspecified atom stereocenters. The summed E-state index contributed by atoms with van der Waals surface area (Å²) in [6.45, 7) is 7.26. The summed E-state index contributed by atoms with van der Waals surface area (Å²) >= 11 is 1.39. The summed E-state index contributed by atoms with van der Waals surface area (Å²) in [5.41, 5.74) is 11.3. The van der Waals surface area contributed by atoms with Crippen molar-refractivity contribution in [2.24, 2.45) is 11.7 Å². The van der Waals surface area contributed by atoms with Gasteiger partial charge in [0.1, 0.15) is 6.04 Å². The van der Waals surface area contributed by atoms with Gasteiger partial charge in [0.05, 0.1) is 11.8 Å². The van der Waals surface area contributed by atoms with Gasteiger partial charge >= 0.3 is 0 Å². The summed E-state index contributed by atoms with van der Waals surface area (Å²) < 4.78 is 0. The minimum absolute atomic E-state index is 0.0342. The first-order valence-corrected chi connectivity index (χ1v) is 12.6. The molecule has 0 radical (unpaired) electrons. The highest BCUT2D eigenvalue weighted by Gasteiger charge is 2.50. The van der Waals surface area contributed by atoms with Gasteiger partial charge in [-0.25, -0.2) is 0 Å². The zero-order valence-corrected chi connectivity index (χ0v) is 21.4. The van der Waals surface area contributed by atoms with Crippen LogP contribution in [0, 0.1) is 12.8 Å². The molecule has 1 aliphatic rings. The number of amides is 2. The first-order chi connectivity index (χ1) is 16.3. The Morgan fingerprint density at radius 1 is 1.14 bits per heavy atom. The number of ketones is 1. The molecular formula is C26H34N4O4S. The average Bonchev–Trinajstić information content (AvgIpc) is 3.28. The summed E-state index contributed by atoms with van der Waals surface area (Å²) in [5, 5.41) is 14.4. The van der Waals surface area contributed by atoms with Crippen molar-refractivity contribution in [1.82, 2.24) is 10.2 Å². The molecular weight excluding hydrogens is 464 g/mol. The van der Waals surface area contributed by atoms with E-state index in [1.54, 1.807) is 37.3 Å². The van der Waals surface area contributed by atoms with Crippen LogP contribution in [0.1, 0.15) is 42.3 Å². The van der Waals surface area contributed by atoms with Gasteiger partial charge in [-0.2, -0.15) is 0 Å². The number of hydrogen-bond donors (Lipinski definition) is 4. The van der Waals surface area contributed by atoms with Crippen molar-refractivity contribution in [3.05, 3.63) is 65.2 Å². The Balaban J connectivity index is 1.97. The number of aliphatic hydroxyl groups is 1. The van der Waals surface area contributed by atoms with E-state index in [2.05, 4.69) is 5.32 Å². The Morgan fingerprint density at radius 2 is 1.80 bits per heavy atom. The maximum atomic E-state index is 13.7. The molecule has 8 nitrogen and oxygen atoms in total. The largest absolute Gasteiger partial charge is 0.398 e. The molecule has 6 N–H and O–H groups in total. The van der Waals surface area contributed by atoms with Crippen molar-refractivity contribution in [3.63, 3.8) is 0 Å². The second kappa shape index (κ2) is 10.4. The topological polar surface area (TPSA) is 139 Å². The number of carbonyl (C=O) groups excluding carboxylic acids is 3. The Labute approximate surface area is 210 Å². The third-order valence-corrected chi connectivity index (χ3v) is 7.07. The molecule has 2 aromatic carbocycles. The number of hydrogen-bond acceptors (Lipinski definition) is 7. The minimum atomic E-state index is -2.55. The molecule has 35 heavy (non-hydrogen) atoms. The molecule has 2 aromatic rings. The van der Waals surface area contributed by atoms with E-state index in [9.17, 15) is 19.5 Å². The van der Waals surface area contributed by atoms with Crippen LogP contribution in [0.25, 0.3) is 0 Å². The van der Waals surface area contributed by atoms with E-state index in [0.717, 1.165) is 5.56 Å². The normalized spacial score (nSPS) is 18.6. The Bertz CT molecular complexity index is 1100. The molecule has 2 amide bonds. The van der Waals surface area contributed by atoms with Gasteiger partial charge in [0, 0.05) is 22.5 Å². The van der Waals surface area contributed by atoms with E-state index >= 15 is 0 Å². The molecule has 3 rings (SSSR count). The predicted molar refractivity (Wildman–Crippen MR) is 139 cm³/mol. The van der Waals surface area contributed by atoms with Crippen LogP contribution in [0.3, 0.4) is 0 Å². The SMILES string of the molecule is Cc1c(N)cccc1C(=O)[C@@H](Cc1ccccc1)[C@](N)(O)C(=O)N1CSC[C@H]1C(=O)NC(C)(C)C. The molecule has 0 aromatic heterocycles. The van der Waals surface area contributed by atoms with Crippen LogP contribution >= 0.6 is 11.8 Å². The lowest BCUT2D eigenvalue weighted by Crippen LogP contribution is -2.64. The Kier molecular flexibility index (Phi) is 7.93. The zero-order chi connectivity index (χ0) is 26.0. The molecule has 1 heterocycles. The maximum Gasteiger partial charge on any atom is 0.271 e. The van der Waals surface area contributed by atoms with Gasteiger partial charge in [-0.3, -0.25) is 20.1 Å². The van der Waals surface area contributed by atoms with E-state index in [4.69, 9.17) is 11.5 Å². The van der Waals surface area contributed by atoms with Crippen molar-refractivity contribution >= 4 is 35.0 Å². The first-order valence-electron chi connectivity index (χ1n) is 11.5. The second-order valence-corrected chi connectivity index (χ2v) is 11.0. The summed E-state index contributed by atoms with van der Waals surface area (Å²) in [7, 11) is 0. The van der Waals surface area contributed by atoms with Crippen LogP contribution in [0.15, 0.2) is 48.5 Å². The van der Waals surface area contributed by atoms with Crippen molar-refractivity contribution in [2.75, 3.05) is 17.4 Å². The standard InChI is InChI=1S/C26H34N4O4S/c1-16-18(11-8-12-20(16)27)22(31)19(13-17-9-6-5-7-10-17)26(28,34)24(33)30-15-35-14-21(30)23(32)29-25(2,3)4/h5-12,19,21,34H,13-15,27-28H2,1-4H3,(H,29,32)/t19-,21+,26+/m1/s1. The third kappa shape index (κ3) is 6.04. The number of nitrogens with two attached hydrogens (primary N) is 2. The highest BCUT2D eigenvalue weighted by atomic mass is 32.2. The number of nitrogens with one attached hydrogen (secondary N) is 1. The van der Waals surface area contributed by atoms with Crippen LogP contribution < -0.4 is 16.8 Å². The molecule has 188 valence electrons. The maximum absolute atomic E-state index is 13.7. The third-order valence-electron chi connectivity index (χ3n) is 6.06. The second-order valence-electron chi connectivity index (χ2n) is 9.98. The fourth-order valence-electron chi connectivity index (χ4n) is 4.10. The molecule has 0 saturated carbocycles. The number of anilines is 1. The molecule has 9 heteroatoms. The number of rotatable bonds is 7. The van der Waals surface area contributed by atoms with Gasteiger partial charge in [-0.15, -0.1) is 11.8 Å². The van der Waals surface area contributed by atoms with Crippen molar-refractivity contribution < 1.29 is 19.5 Å². The molecule has 1 saturated heterocycles. The highest BCUT2D eigenvalue weighted by molar-refractivity contribution is 7.99. The van der Waals surface area contributed by atoms with Crippen LogP contribution in [-0.4, -0.2) is 56.5 Å². The van der Waals surface area contributed by atoms with E-state index in [1.807, 2.05) is 39.0 Å². The summed E-state index contributed by atoms with van der Waals surface area (Å²) in [6.07, 6.45) is 0.0342. The van der Waals surface area contributed by atoms with Gasteiger partial charge in [-0.1, -0.05) is 42.5 Å². The van der Waals surface area contributed by atoms with E-state index < -0.39 is 34.9 Å². The molecule has 3 atom stereocenters. The number of carbonyl (C=O) groups is 3. The summed E-state index contributed by atoms with van der Waals surface area (Å²) in [4.78, 5) is 41.5. The fourth-order valence-corrected chi connectivity index (χ4v) is 5.25. The lowest BCUT2D eigenvalue weighted by Gasteiger charge is -2.36. The average molecular weight is 499 g/mol. The fraction of sp³-hybridized carbons (Fsp3) is 0.423. The summed E-state index contributed by atoms with van der Waals surface area (Å²) in [6, 6.07) is 13.2. The van der Waals surface area contributed by atoms with Gasteiger partial charge in [0.25, 0.3) is 5.91 Å². The van der Waals surface area contributed by atoms with Crippen LogP contribution in [-0.2, 0) is 16.0 Å². The van der Waals surface area contributed by atoms with E-state index in [1.165, 1.54) is 16.7 Å². The number of nitrogen functional groups attached to an aromatic ring is 1. The number of benzene rings is 2.